The zero-order valence-corrected chi connectivity index (χ0v) is 17.9. The van der Waals surface area contributed by atoms with Gasteiger partial charge in [-0.3, -0.25) is 9.59 Å². The van der Waals surface area contributed by atoms with Gasteiger partial charge in [-0.15, -0.1) is 0 Å². The molecule has 0 spiro atoms. The zero-order valence-electron chi connectivity index (χ0n) is 17.9. The van der Waals surface area contributed by atoms with Crippen LogP contribution in [0, 0.1) is 6.92 Å². The number of piperidine rings is 1. The molecule has 0 aromatic heterocycles. The fraction of sp³-hybridized carbons (Fsp3) is 0.417. The van der Waals surface area contributed by atoms with E-state index in [4.69, 9.17) is 9.47 Å². The lowest BCUT2D eigenvalue weighted by molar-refractivity contribution is -0.122. The van der Waals surface area contributed by atoms with E-state index in [-0.39, 0.29) is 17.9 Å². The lowest BCUT2D eigenvalue weighted by Crippen LogP contribution is -2.46. The summed E-state index contributed by atoms with van der Waals surface area (Å²) in [6, 6.07) is 13.7. The number of aryl methyl sites for hydroxylation is 2. The van der Waals surface area contributed by atoms with E-state index >= 15 is 0 Å². The topological polar surface area (TPSA) is 67.9 Å². The van der Waals surface area contributed by atoms with Crippen LogP contribution in [-0.4, -0.2) is 50.1 Å². The predicted molar refractivity (Wildman–Crippen MR) is 116 cm³/mol. The Balaban J connectivity index is 1.50. The summed E-state index contributed by atoms with van der Waals surface area (Å²) < 4.78 is 10.7. The summed E-state index contributed by atoms with van der Waals surface area (Å²) in [7, 11) is 3.09. The number of rotatable bonds is 7. The maximum Gasteiger partial charge on any atom is 0.261 e. The molecule has 1 saturated heterocycles. The van der Waals surface area contributed by atoms with E-state index in [1.165, 1.54) is 11.1 Å². The van der Waals surface area contributed by atoms with Gasteiger partial charge in [-0.05, 0) is 43.9 Å². The molecule has 1 aliphatic rings. The molecule has 1 heterocycles. The maximum atomic E-state index is 13.0. The Morgan fingerprint density at radius 2 is 1.60 bits per heavy atom. The quantitative estimate of drug-likeness (QED) is 0.760. The second-order valence-corrected chi connectivity index (χ2v) is 7.66. The van der Waals surface area contributed by atoms with Gasteiger partial charge in [0.05, 0.1) is 14.2 Å². The number of nitrogens with zero attached hydrogens (tertiary/aromatic N) is 1. The van der Waals surface area contributed by atoms with Crippen LogP contribution >= 0.6 is 0 Å². The van der Waals surface area contributed by atoms with Gasteiger partial charge in [0.1, 0.15) is 17.1 Å². The van der Waals surface area contributed by atoms with Crippen molar-refractivity contribution >= 4 is 11.8 Å². The van der Waals surface area contributed by atoms with E-state index in [0.717, 1.165) is 19.3 Å². The van der Waals surface area contributed by atoms with Crippen LogP contribution in [0.15, 0.2) is 42.5 Å². The highest BCUT2D eigenvalue weighted by atomic mass is 16.5. The minimum Gasteiger partial charge on any atom is -0.496 e. The van der Waals surface area contributed by atoms with Gasteiger partial charge < -0.3 is 19.7 Å². The molecule has 2 aromatic rings. The van der Waals surface area contributed by atoms with Gasteiger partial charge in [0.25, 0.3) is 5.91 Å². The van der Waals surface area contributed by atoms with E-state index in [2.05, 4.69) is 36.5 Å². The number of ether oxygens (including phenoxy) is 2. The normalized spacial score (nSPS) is 14.3. The van der Waals surface area contributed by atoms with Crippen molar-refractivity contribution in [1.29, 1.82) is 0 Å². The summed E-state index contributed by atoms with van der Waals surface area (Å²) in [4.78, 5) is 27.2. The Morgan fingerprint density at radius 3 is 2.17 bits per heavy atom. The molecule has 1 N–H and O–H groups in total. The fourth-order valence-electron chi connectivity index (χ4n) is 3.76. The van der Waals surface area contributed by atoms with Gasteiger partial charge in [0, 0.05) is 25.6 Å². The second-order valence-electron chi connectivity index (χ2n) is 7.66. The Bertz CT molecular complexity index is 849. The second kappa shape index (κ2) is 10.1. The van der Waals surface area contributed by atoms with Crippen molar-refractivity contribution in [1.82, 2.24) is 10.2 Å². The summed E-state index contributed by atoms with van der Waals surface area (Å²) in [5.41, 5.74) is 2.83. The number of likely N-dealkylation sites (tertiary alicyclic amines) is 1. The molecule has 1 fully saturated rings. The van der Waals surface area contributed by atoms with Crippen molar-refractivity contribution < 1.29 is 19.1 Å². The first-order valence-electron chi connectivity index (χ1n) is 10.4. The molecule has 2 aromatic carbocycles. The number of carbonyl (C=O) groups excluding carboxylic acids is 2. The standard InChI is InChI=1S/C24H30N2O4/c1-17-7-9-18(10-8-17)11-12-22(27)25-19-13-15-26(16-14-19)24(28)23-20(29-2)5-4-6-21(23)30-3/h4-10,19H,11-16H2,1-3H3,(H,25,27). The third-order valence-electron chi connectivity index (χ3n) is 5.55. The molecule has 160 valence electrons. The van der Waals surface area contributed by atoms with Crippen LogP contribution in [0.1, 0.15) is 40.7 Å². The number of hydrogen-bond donors (Lipinski definition) is 1. The molecule has 0 atom stereocenters. The van der Waals surface area contributed by atoms with Crippen molar-refractivity contribution in [3.05, 3.63) is 59.2 Å². The first-order valence-corrected chi connectivity index (χ1v) is 10.4. The van der Waals surface area contributed by atoms with Crippen molar-refractivity contribution in [2.24, 2.45) is 0 Å². The van der Waals surface area contributed by atoms with Crippen LogP contribution in [0.25, 0.3) is 0 Å². The summed E-state index contributed by atoms with van der Waals surface area (Å²) in [5.74, 6) is 0.969. The molecular weight excluding hydrogens is 380 g/mol. The van der Waals surface area contributed by atoms with E-state index in [1.807, 2.05) is 0 Å². The molecule has 1 aliphatic heterocycles. The number of benzene rings is 2. The molecule has 0 saturated carbocycles. The fourth-order valence-corrected chi connectivity index (χ4v) is 3.76. The first kappa shape index (κ1) is 21.7. The SMILES string of the molecule is COc1cccc(OC)c1C(=O)N1CCC(NC(=O)CCc2ccc(C)cc2)CC1. The van der Waals surface area contributed by atoms with Crippen LogP contribution in [0.5, 0.6) is 11.5 Å². The van der Waals surface area contributed by atoms with Gasteiger partial charge in [0.2, 0.25) is 5.91 Å². The molecule has 6 nitrogen and oxygen atoms in total. The molecule has 0 aliphatic carbocycles. The molecular formula is C24H30N2O4. The van der Waals surface area contributed by atoms with Crippen LogP contribution in [-0.2, 0) is 11.2 Å². The smallest absolute Gasteiger partial charge is 0.261 e. The van der Waals surface area contributed by atoms with Crippen molar-refractivity contribution in [2.45, 2.75) is 38.6 Å². The van der Waals surface area contributed by atoms with Crippen molar-refractivity contribution in [3.8, 4) is 11.5 Å². The molecule has 6 heteroatoms. The number of nitrogens with one attached hydrogen (secondary N) is 1. The molecule has 30 heavy (non-hydrogen) atoms. The average molecular weight is 411 g/mol. The van der Waals surface area contributed by atoms with Gasteiger partial charge in [-0.25, -0.2) is 0 Å². The van der Waals surface area contributed by atoms with Gasteiger partial charge in [0.15, 0.2) is 0 Å². The Hall–Kier alpha value is -3.02. The van der Waals surface area contributed by atoms with Crippen LogP contribution in [0.4, 0.5) is 0 Å². The summed E-state index contributed by atoms with van der Waals surface area (Å²) >= 11 is 0. The lowest BCUT2D eigenvalue weighted by atomic mass is 10.0. The predicted octanol–water partition coefficient (Wildman–Crippen LogP) is 3.37. The largest absolute Gasteiger partial charge is 0.496 e. The van der Waals surface area contributed by atoms with Crippen molar-refractivity contribution in [3.63, 3.8) is 0 Å². The van der Waals surface area contributed by atoms with Crippen LogP contribution < -0.4 is 14.8 Å². The third kappa shape index (κ3) is 5.32. The Kier molecular flexibility index (Phi) is 7.33. The highest BCUT2D eigenvalue weighted by Crippen LogP contribution is 2.30. The van der Waals surface area contributed by atoms with E-state index in [1.54, 1.807) is 37.3 Å². The molecule has 0 unspecified atom stereocenters. The van der Waals surface area contributed by atoms with Gasteiger partial charge in [-0.2, -0.15) is 0 Å². The lowest BCUT2D eigenvalue weighted by Gasteiger charge is -2.33. The first-order chi connectivity index (χ1) is 14.5. The Morgan fingerprint density at radius 1 is 1.00 bits per heavy atom. The molecule has 3 rings (SSSR count). The average Bonchev–Trinajstić information content (AvgIpc) is 2.78. The highest BCUT2D eigenvalue weighted by molar-refractivity contribution is 5.99. The molecule has 0 radical (unpaired) electrons. The van der Waals surface area contributed by atoms with Gasteiger partial charge in [-0.1, -0.05) is 35.9 Å². The van der Waals surface area contributed by atoms with Crippen molar-refractivity contribution in [2.75, 3.05) is 27.3 Å². The number of hydrogen-bond acceptors (Lipinski definition) is 4. The minimum absolute atomic E-state index is 0.0618. The number of amides is 2. The van der Waals surface area contributed by atoms with Crippen LogP contribution in [0.2, 0.25) is 0 Å². The third-order valence-corrected chi connectivity index (χ3v) is 5.55. The Labute approximate surface area is 178 Å². The van der Waals surface area contributed by atoms with Gasteiger partial charge >= 0.3 is 0 Å². The van der Waals surface area contributed by atoms with E-state index in [9.17, 15) is 9.59 Å². The minimum atomic E-state index is -0.103. The maximum absolute atomic E-state index is 13.0. The summed E-state index contributed by atoms with van der Waals surface area (Å²) in [5, 5.41) is 3.12. The summed E-state index contributed by atoms with van der Waals surface area (Å²) in [6.45, 7) is 3.23. The number of carbonyl (C=O) groups is 2. The van der Waals surface area contributed by atoms with E-state index in [0.29, 0.717) is 36.6 Å². The van der Waals surface area contributed by atoms with E-state index < -0.39 is 0 Å². The zero-order chi connectivity index (χ0) is 21.5. The highest BCUT2D eigenvalue weighted by Gasteiger charge is 2.28. The molecule has 2 amide bonds. The van der Waals surface area contributed by atoms with Crippen LogP contribution in [0.3, 0.4) is 0 Å². The molecule has 0 bridgehead atoms. The number of methoxy groups -OCH3 is 2. The monoisotopic (exact) mass is 410 g/mol. The summed E-state index contributed by atoms with van der Waals surface area (Å²) in [6.07, 6.45) is 2.68.